The van der Waals surface area contributed by atoms with Crippen LogP contribution in [0.5, 0.6) is 0 Å². The van der Waals surface area contributed by atoms with Gasteiger partial charge in [-0.2, -0.15) is 0 Å². The Kier molecular flexibility index (Phi) is 4.25. The molecule has 2 aliphatic rings. The number of anilines is 1. The van der Waals surface area contributed by atoms with Crippen molar-refractivity contribution in [3.8, 4) is 0 Å². The van der Waals surface area contributed by atoms with E-state index in [-0.39, 0.29) is 5.82 Å². The molecular weight excluding hydrogens is 251 g/mol. The van der Waals surface area contributed by atoms with Crippen molar-refractivity contribution in [3.05, 3.63) is 29.6 Å². The molecule has 2 fully saturated rings. The molecule has 0 amide bonds. The summed E-state index contributed by atoms with van der Waals surface area (Å²) in [6.07, 6.45) is 6.78. The van der Waals surface area contributed by atoms with Crippen LogP contribution >= 0.6 is 0 Å². The van der Waals surface area contributed by atoms with Gasteiger partial charge in [-0.15, -0.1) is 0 Å². The molecule has 3 heteroatoms. The maximum Gasteiger partial charge on any atom is 0.146 e. The molecule has 1 aliphatic carbocycles. The molecule has 3 rings (SSSR count). The number of aryl methyl sites for hydroxylation is 1. The average Bonchev–Trinajstić information content (AvgIpc) is 2.48. The third-order valence-corrected chi connectivity index (χ3v) is 4.93. The fourth-order valence-electron chi connectivity index (χ4n) is 3.86. The monoisotopic (exact) mass is 276 g/mol. The highest BCUT2D eigenvalue weighted by molar-refractivity contribution is 5.54. The van der Waals surface area contributed by atoms with Gasteiger partial charge in [0, 0.05) is 25.7 Å². The van der Waals surface area contributed by atoms with Gasteiger partial charge in [0.1, 0.15) is 5.82 Å². The van der Waals surface area contributed by atoms with Crippen LogP contribution in [-0.2, 0) is 0 Å². The van der Waals surface area contributed by atoms with E-state index >= 15 is 0 Å². The highest BCUT2D eigenvalue weighted by atomic mass is 19.1. The Morgan fingerprint density at radius 1 is 1.20 bits per heavy atom. The maximum absolute atomic E-state index is 14.1. The number of rotatable bonds is 2. The van der Waals surface area contributed by atoms with Crippen LogP contribution < -0.4 is 10.2 Å². The fourth-order valence-corrected chi connectivity index (χ4v) is 3.86. The number of piperazine rings is 1. The van der Waals surface area contributed by atoms with Gasteiger partial charge in [0.05, 0.1) is 5.69 Å². The largest absolute Gasteiger partial charge is 0.366 e. The first kappa shape index (κ1) is 13.9. The quantitative estimate of drug-likeness (QED) is 0.889. The summed E-state index contributed by atoms with van der Waals surface area (Å²) in [6.45, 7) is 4.84. The molecular formula is C17H25FN2. The first-order chi connectivity index (χ1) is 9.75. The molecule has 1 aromatic carbocycles. The molecule has 1 heterocycles. The molecule has 0 bridgehead atoms. The lowest BCUT2D eigenvalue weighted by Gasteiger charge is -2.40. The van der Waals surface area contributed by atoms with E-state index < -0.39 is 0 Å². The van der Waals surface area contributed by atoms with E-state index in [2.05, 4.69) is 10.2 Å². The van der Waals surface area contributed by atoms with Crippen molar-refractivity contribution < 1.29 is 4.39 Å². The number of benzene rings is 1. The summed E-state index contributed by atoms with van der Waals surface area (Å²) in [4.78, 5) is 2.25. The summed E-state index contributed by atoms with van der Waals surface area (Å²) in [5, 5.41) is 3.66. The normalized spacial score (nSPS) is 24.9. The minimum absolute atomic E-state index is 0.0747. The standard InChI is InChI=1S/C17H25FN2/c1-13-6-5-9-15(18)17(13)20-11-10-19-16(12-20)14-7-3-2-4-8-14/h5-6,9,14,16,19H,2-4,7-8,10-12H2,1H3. The summed E-state index contributed by atoms with van der Waals surface area (Å²) < 4.78 is 14.1. The van der Waals surface area contributed by atoms with Crippen LogP contribution in [-0.4, -0.2) is 25.7 Å². The molecule has 1 saturated heterocycles. The molecule has 1 unspecified atom stereocenters. The summed E-state index contributed by atoms with van der Waals surface area (Å²) in [5.41, 5.74) is 1.86. The minimum atomic E-state index is -0.0747. The van der Waals surface area contributed by atoms with Gasteiger partial charge in [-0.1, -0.05) is 31.4 Å². The zero-order chi connectivity index (χ0) is 13.9. The highest BCUT2D eigenvalue weighted by Gasteiger charge is 2.29. The zero-order valence-electron chi connectivity index (χ0n) is 12.4. The molecule has 1 aliphatic heterocycles. The van der Waals surface area contributed by atoms with Gasteiger partial charge >= 0.3 is 0 Å². The van der Waals surface area contributed by atoms with Crippen molar-refractivity contribution >= 4 is 5.69 Å². The number of nitrogens with zero attached hydrogens (tertiary/aromatic N) is 1. The van der Waals surface area contributed by atoms with Crippen molar-refractivity contribution in [3.63, 3.8) is 0 Å². The molecule has 0 aromatic heterocycles. The molecule has 1 aromatic rings. The Labute approximate surface area is 121 Å². The molecule has 0 spiro atoms. The van der Waals surface area contributed by atoms with E-state index in [9.17, 15) is 4.39 Å². The van der Waals surface area contributed by atoms with Crippen LogP contribution in [0.4, 0.5) is 10.1 Å². The van der Waals surface area contributed by atoms with E-state index in [1.807, 2.05) is 13.0 Å². The molecule has 2 nitrogen and oxygen atoms in total. The second-order valence-corrected chi connectivity index (χ2v) is 6.31. The molecule has 20 heavy (non-hydrogen) atoms. The van der Waals surface area contributed by atoms with Crippen LogP contribution in [0.15, 0.2) is 18.2 Å². The lowest BCUT2D eigenvalue weighted by molar-refractivity contribution is 0.256. The molecule has 1 saturated carbocycles. The molecule has 1 atom stereocenters. The van der Waals surface area contributed by atoms with E-state index in [1.54, 1.807) is 12.1 Å². The van der Waals surface area contributed by atoms with Crippen molar-refractivity contribution in [2.45, 2.75) is 45.1 Å². The summed E-state index contributed by atoms with van der Waals surface area (Å²) >= 11 is 0. The lowest BCUT2D eigenvalue weighted by atomic mass is 9.83. The van der Waals surface area contributed by atoms with Gasteiger partial charge in [0.2, 0.25) is 0 Å². The number of nitrogens with one attached hydrogen (secondary N) is 1. The van der Waals surface area contributed by atoms with Gasteiger partial charge in [-0.25, -0.2) is 4.39 Å². The van der Waals surface area contributed by atoms with E-state index in [0.29, 0.717) is 6.04 Å². The first-order valence-corrected chi connectivity index (χ1v) is 7.99. The first-order valence-electron chi connectivity index (χ1n) is 7.99. The molecule has 1 N–H and O–H groups in total. The van der Waals surface area contributed by atoms with Crippen molar-refractivity contribution in [1.29, 1.82) is 0 Å². The number of hydrogen-bond acceptors (Lipinski definition) is 2. The molecule has 110 valence electrons. The number of para-hydroxylation sites is 1. The lowest BCUT2D eigenvalue weighted by Crippen LogP contribution is -2.54. The van der Waals surface area contributed by atoms with Crippen molar-refractivity contribution in [2.24, 2.45) is 5.92 Å². The summed E-state index contributed by atoms with van der Waals surface area (Å²) in [6, 6.07) is 5.92. The predicted molar refractivity (Wildman–Crippen MR) is 81.7 cm³/mol. The predicted octanol–water partition coefficient (Wildman–Crippen LogP) is 3.49. The van der Waals surface area contributed by atoms with E-state index in [4.69, 9.17) is 0 Å². The zero-order valence-corrected chi connectivity index (χ0v) is 12.4. The van der Waals surface area contributed by atoms with E-state index in [1.165, 1.54) is 32.1 Å². The van der Waals surface area contributed by atoms with Crippen molar-refractivity contribution in [1.82, 2.24) is 5.32 Å². The Bertz CT molecular complexity index is 434. The Balaban J connectivity index is 1.74. The topological polar surface area (TPSA) is 15.3 Å². The smallest absolute Gasteiger partial charge is 0.146 e. The van der Waals surface area contributed by atoms with Crippen molar-refractivity contribution in [2.75, 3.05) is 24.5 Å². The SMILES string of the molecule is Cc1cccc(F)c1N1CCNC(C2CCCCC2)C1. The van der Waals surface area contributed by atoms with Crippen LogP contribution in [0.2, 0.25) is 0 Å². The summed E-state index contributed by atoms with van der Waals surface area (Å²) in [5.74, 6) is 0.702. The van der Waals surface area contributed by atoms with Gasteiger partial charge < -0.3 is 10.2 Å². The highest BCUT2D eigenvalue weighted by Crippen LogP contribution is 2.30. The van der Waals surface area contributed by atoms with Crippen LogP contribution in [0.3, 0.4) is 0 Å². The van der Waals surface area contributed by atoms with Crippen LogP contribution in [0, 0.1) is 18.7 Å². The van der Waals surface area contributed by atoms with Crippen LogP contribution in [0.25, 0.3) is 0 Å². The second-order valence-electron chi connectivity index (χ2n) is 6.31. The molecule has 0 radical (unpaired) electrons. The Hall–Kier alpha value is -1.09. The Morgan fingerprint density at radius 3 is 2.75 bits per heavy atom. The van der Waals surface area contributed by atoms with Gasteiger partial charge in [-0.3, -0.25) is 0 Å². The van der Waals surface area contributed by atoms with Crippen LogP contribution in [0.1, 0.15) is 37.7 Å². The fraction of sp³-hybridized carbons (Fsp3) is 0.647. The van der Waals surface area contributed by atoms with E-state index in [0.717, 1.165) is 36.8 Å². The maximum atomic E-state index is 14.1. The second kappa shape index (κ2) is 6.13. The third-order valence-electron chi connectivity index (χ3n) is 4.93. The Morgan fingerprint density at radius 2 is 2.00 bits per heavy atom. The van der Waals surface area contributed by atoms with Gasteiger partial charge in [0.15, 0.2) is 0 Å². The number of halogens is 1. The average molecular weight is 276 g/mol. The minimum Gasteiger partial charge on any atom is -0.366 e. The number of hydrogen-bond donors (Lipinski definition) is 1. The third kappa shape index (κ3) is 2.83. The summed E-state index contributed by atoms with van der Waals surface area (Å²) in [7, 11) is 0. The van der Waals surface area contributed by atoms with Gasteiger partial charge in [-0.05, 0) is 37.3 Å². The van der Waals surface area contributed by atoms with Gasteiger partial charge in [0.25, 0.3) is 0 Å².